The molecule has 2 aromatic heterocycles. The number of aromatic nitrogens is 2. The SMILES string of the molecule is N#Cc1c(O)c2c(ccn2-c2cc[c-]cc2)[nH]c1=O.[Re]. The smallest absolute Gasteiger partial charge is 0.270 e. The molecule has 0 bridgehead atoms. The third kappa shape index (κ3) is 2.04. The molecular formula is C14H8N3O2Re-. The second-order valence-electron chi connectivity index (χ2n) is 4.00. The summed E-state index contributed by atoms with van der Waals surface area (Å²) in [4.78, 5) is 14.2. The number of rotatable bonds is 1. The number of benzene rings is 1. The zero-order valence-corrected chi connectivity index (χ0v) is 12.8. The number of H-pyrrole nitrogens is 1. The van der Waals surface area contributed by atoms with Crippen molar-refractivity contribution in [2.45, 2.75) is 0 Å². The summed E-state index contributed by atoms with van der Waals surface area (Å²) in [5.41, 5.74) is 0.818. The van der Waals surface area contributed by atoms with Crippen molar-refractivity contribution in [3.63, 3.8) is 0 Å². The van der Waals surface area contributed by atoms with Crippen LogP contribution in [0.3, 0.4) is 0 Å². The van der Waals surface area contributed by atoms with Crippen molar-refractivity contribution in [1.82, 2.24) is 9.55 Å². The average Bonchev–Trinajstić information content (AvgIpc) is 2.84. The summed E-state index contributed by atoms with van der Waals surface area (Å²) in [6.45, 7) is 0. The molecule has 6 heteroatoms. The minimum atomic E-state index is -0.591. The Morgan fingerprint density at radius 3 is 2.65 bits per heavy atom. The molecule has 3 aromatic rings. The van der Waals surface area contributed by atoms with Gasteiger partial charge >= 0.3 is 0 Å². The quantitative estimate of drug-likeness (QED) is 0.570. The van der Waals surface area contributed by atoms with E-state index in [-0.39, 0.29) is 31.7 Å². The van der Waals surface area contributed by atoms with Crippen LogP contribution in [-0.2, 0) is 20.4 Å². The third-order valence-electron chi connectivity index (χ3n) is 2.91. The van der Waals surface area contributed by atoms with Crippen LogP contribution in [-0.4, -0.2) is 14.7 Å². The molecule has 0 saturated carbocycles. The minimum Gasteiger partial charge on any atom is -0.504 e. The van der Waals surface area contributed by atoms with Gasteiger partial charge in [0, 0.05) is 26.6 Å². The van der Waals surface area contributed by atoms with Crippen LogP contribution in [0.1, 0.15) is 5.56 Å². The van der Waals surface area contributed by atoms with Gasteiger partial charge in [-0.1, -0.05) is 5.69 Å². The van der Waals surface area contributed by atoms with E-state index in [2.05, 4.69) is 11.1 Å². The first-order valence-corrected chi connectivity index (χ1v) is 5.55. The summed E-state index contributed by atoms with van der Waals surface area (Å²) >= 11 is 0. The molecule has 1 aromatic carbocycles. The number of hydrogen-bond donors (Lipinski definition) is 2. The van der Waals surface area contributed by atoms with Crippen molar-refractivity contribution in [2.75, 3.05) is 0 Å². The Morgan fingerprint density at radius 2 is 2.00 bits per heavy atom. The number of nitrogens with zero attached hydrogens (tertiary/aromatic N) is 2. The summed E-state index contributed by atoms with van der Waals surface area (Å²) in [6, 6.07) is 13.4. The molecule has 1 radical (unpaired) electrons. The Bertz CT molecular complexity index is 860. The fourth-order valence-corrected chi connectivity index (χ4v) is 2.04. The molecule has 0 unspecified atom stereocenters. The molecule has 20 heavy (non-hydrogen) atoms. The fraction of sp³-hybridized carbons (Fsp3) is 0. The van der Waals surface area contributed by atoms with E-state index in [0.717, 1.165) is 5.69 Å². The Hall–Kier alpha value is -2.34. The van der Waals surface area contributed by atoms with Gasteiger partial charge in [-0.05, 0) is 6.07 Å². The van der Waals surface area contributed by atoms with Crippen LogP contribution in [0.15, 0.2) is 41.3 Å². The monoisotopic (exact) mass is 437 g/mol. The van der Waals surface area contributed by atoms with E-state index in [1.54, 1.807) is 35.0 Å². The summed E-state index contributed by atoms with van der Waals surface area (Å²) in [5, 5.41) is 19.0. The summed E-state index contributed by atoms with van der Waals surface area (Å²) in [7, 11) is 0. The first-order valence-electron chi connectivity index (χ1n) is 5.55. The van der Waals surface area contributed by atoms with Crippen LogP contribution >= 0.6 is 0 Å². The van der Waals surface area contributed by atoms with Gasteiger partial charge < -0.3 is 14.7 Å². The molecule has 0 aliphatic carbocycles. The molecule has 99 valence electrons. The topological polar surface area (TPSA) is 81.8 Å². The normalized spacial score (nSPS) is 9.95. The van der Waals surface area contributed by atoms with Gasteiger partial charge in [0.05, 0.1) is 5.52 Å². The molecule has 0 aliphatic rings. The van der Waals surface area contributed by atoms with E-state index in [1.807, 2.05) is 12.1 Å². The van der Waals surface area contributed by atoms with Gasteiger partial charge in [0.25, 0.3) is 5.56 Å². The van der Waals surface area contributed by atoms with Gasteiger partial charge in [-0.15, -0.1) is 12.1 Å². The van der Waals surface area contributed by atoms with Gasteiger partial charge in [-0.3, -0.25) is 4.79 Å². The van der Waals surface area contributed by atoms with Crippen molar-refractivity contribution in [2.24, 2.45) is 0 Å². The number of aromatic amines is 1. The second kappa shape index (κ2) is 5.34. The van der Waals surface area contributed by atoms with Crippen LogP contribution in [0, 0.1) is 17.4 Å². The maximum atomic E-state index is 11.6. The van der Waals surface area contributed by atoms with E-state index < -0.39 is 5.56 Å². The third-order valence-corrected chi connectivity index (χ3v) is 2.91. The Labute approximate surface area is 127 Å². The number of nitriles is 1. The molecule has 0 aliphatic heterocycles. The summed E-state index contributed by atoms with van der Waals surface area (Å²) < 4.78 is 1.70. The maximum absolute atomic E-state index is 11.6. The average molecular weight is 436 g/mol. The Kier molecular flexibility index (Phi) is 3.76. The van der Waals surface area contributed by atoms with Crippen LogP contribution in [0.4, 0.5) is 0 Å². The molecular weight excluding hydrogens is 428 g/mol. The standard InChI is InChI=1S/C14H8N3O2.Re/c15-8-10-13(18)12-11(16-14(10)19)6-7-17(12)9-4-2-1-3-5-9;/h2-7H,(H2,16,18,19);/q-1;. The largest absolute Gasteiger partial charge is 0.504 e. The van der Waals surface area contributed by atoms with Crippen molar-refractivity contribution in [1.29, 1.82) is 5.26 Å². The van der Waals surface area contributed by atoms with E-state index in [0.29, 0.717) is 11.0 Å². The van der Waals surface area contributed by atoms with Crippen LogP contribution in [0.25, 0.3) is 16.7 Å². The molecule has 5 nitrogen and oxygen atoms in total. The van der Waals surface area contributed by atoms with Gasteiger partial charge in [-0.2, -0.15) is 23.5 Å². The zero-order chi connectivity index (χ0) is 13.4. The van der Waals surface area contributed by atoms with Gasteiger partial charge in [-0.25, -0.2) is 0 Å². The van der Waals surface area contributed by atoms with E-state index in [1.165, 1.54) is 0 Å². The minimum absolute atomic E-state index is 0. The zero-order valence-electron chi connectivity index (χ0n) is 10.1. The van der Waals surface area contributed by atoms with Crippen molar-refractivity contribution < 1.29 is 25.5 Å². The molecule has 2 N–H and O–H groups in total. The molecule has 0 amide bonds. The van der Waals surface area contributed by atoms with Crippen molar-refractivity contribution in [3.05, 3.63) is 58.5 Å². The maximum Gasteiger partial charge on any atom is 0.270 e. The Morgan fingerprint density at radius 1 is 1.30 bits per heavy atom. The van der Waals surface area contributed by atoms with Gasteiger partial charge in [0.2, 0.25) is 0 Å². The fourth-order valence-electron chi connectivity index (χ4n) is 2.04. The number of nitrogens with one attached hydrogen (secondary N) is 1. The number of aromatic hydroxyl groups is 1. The molecule has 0 saturated heterocycles. The predicted octanol–water partition coefficient (Wildman–Crippen LogP) is 1.69. The first kappa shape index (κ1) is 14.1. The number of fused-ring (bicyclic) bond motifs is 1. The van der Waals surface area contributed by atoms with E-state index in [9.17, 15) is 9.90 Å². The van der Waals surface area contributed by atoms with Crippen LogP contribution in [0.2, 0.25) is 0 Å². The molecule has 0 fully saturated rings. The molecule has 2 heterocycles. The van der Waals surface area contributed by atoms with Crippen LogP contribution < -0.4 is 5.56 Å². The van der Waals surface area contributed by atoms with Gasteiger partial charge in [0.1, 0.15) is 11.6 Å². The molecule has 3 rings (SSSR count). The summed E-state index contributed by atoms with van der Waals surface area (Å²) in [5.74, 6) is -0.306. The molecule has 0 spiro atoms. The molecule has 0 atom stereocenters. The van der Waals surface area contributed by atoms with Crippen molar-refractivity contribution >= 4 is 11.0 Å². The second-order valence-corrected chi connectivity index (χ2v) is 4.00. The predicted molar refractivity (Wildman–Crippen MR) is 69.1 cm³/mol. The number of pyridine rings is 1. The first-order chi connectivity index (χ1) is 9.22. The van der Waals surface area contributed by atoms with E-state index >= 15 is 0 Å². The number of hydrogen-bond acceptors (Lipinski definition) is 3. The van der Waals surface area contributed by atoms with Crippen LogP contribution in [0.5, 0.6) is 5.75 Å². The van der Waals surface area contributed by atoms with E-state index in [4.69, 9.17) is 5.26 Å². The van der Waals surface area contributed by atoms with Crippen molar-refractivity contribution in [3.8, 4) is 17.5 Å². The summed E-state index contributed by atoms with van der Waals surface area (Å²) in [6.07, 6.45) is 1.72. The van der Waals surface area contributed by atoms with Gasteiger partial charge in [0.15, 0.2) is 11.3 Å². The Balaban J connectivity index is 0.00000147.